The minimum Gasteiger partial charge on any atom is -0.346 e. The molecule has 1 aliphatic rings. The smallest absolute Gasteiger partial charge is 0.346 e. The highest BCUT2D eigenvalue weighted by molar-refractivity contribution is 8.09. The first kappa shape index (κ1) is 11.7. The lowest BCUT2D eigenvalue weighted by atomic mass is 10.4. The summed E-state index contributed by atoms with van der Waals surface area (Å²) >= 11 is 0. The summed E-state index contributed by atoms with van der Waals surface area (Å²) in [6.45, 7) is 0.957. The Hall–Kier alpha value is -0.330. The van der Waals surface area contributed by atoms with Crippen molar-refractivity contribution in [3.05, 3.63) is 0 Å². The summed E-state index contributed by atoms with van der Waals surface area (Å²) in [4.78, 5) is 12.3. The average molecular weight is 216 g/mol. The Bertz CT molecular complexity index is 242. The first-order valence-corrected chi connectivity index (χ1v) is 5.48. The minimum atomic E-state index is -4.19. The lowest BCUT2D eigenvalue weighted by Crippen LogP contribution is -2.17. The van der Waals surface area contributed by atoms with Gasteiger partial charge in [0, 0.05) is 30.7 Å². The number of hydrogen-bond donors (Lipinski definition) is 1. The molecule has 12 heavy (non-hydrogen) atoms. The number of nitrogens with zero attached hydrogens (tertiary/aromatic N) is 1. The number of likely N-dealkylation sites (tertiary alicyclic amines) is 1. The van der Waals surface area contributed by atoms with Crippen LogP contribution in [0, 0.1) is 0 Å². The predicted molar refractivity (Wildman–Crippen MR) is 44.3 cm³/mol. The second-order valence-electron chi connectivity index (χ2n) is 2.33. The maximum absolute atomic E-state index is 10.5. The van der Waals surface area contributed by atoms with Gasteiger partial charge in [-0.2, -0.15) is 8.42 Å². The molecule has 1 N–H and O–H groups in total. The van der Waals surface area contributed by atoms with Gasteiger partial charge in [-0.15, -0.1) is 0 Å². The molecule has 1 saturated heterocycles. The van der Waals surface area contributed by atoms with Crippen LogP contribution in [0.25, 0.3) is 0 Å². The van der Waals surface area contributed by atoms with Gasteiger partial charge in [0.15, 0.2) is 0 Å². The summed E-state index contributed by atoms with van der Waals surface area (Å²) < 4.78 is 25.2. The highest BCUT2D eigenvalue weighted by atomic mass is 35.7. The Morgan fingerprint density at radius 1 is 1.58 bits per heavy atom. The van der Waals surface area contributed by atoms with Gasteiger partial charge < -0.3 is 4.90 Å². The molecule has 72 valence electrons. The summed E-state index contributed by atoms with van der Waals surface area (Å²) in [6, 6.07) is 0. The molecule has 0 radical (unpaired) electrons. The molecule has 5 nitrogen and oxygen atoms in total. The molecule has 1 aliphatic heterocycles. The van der Waals surface area contributed by atoms with Crippen LogP contribution in [0.15, 0.2) is 0 Å². The molecule has 0 aromatic carbocycles. The fourth-order valence-corrected chi connectivity index (χ4v) is 0.783. The number of halogens is 1. The summed E-state index contributed by atoms with van der Waals surface area (Å²) in [5.74, 6) is 0.292. The third kappa shape index (κ3) is 7.77. The maximum Gasteiger partial charge on any atom is 0.353 e. The predicted octanol–water partition coefficient (Wildman–Crippen LogP) is 0.267. The normalized spacial score (nSPS) is 17.2. The maximum atomic E-state index is 10.5. The van der Waals surface area contributed by atoms with E-state index in [1.165, 1.54) is 0 Å². The quantitative estimate of drug-likeness (QED) is 0.465. The fourth-order valence-electron chi connectivity index (χ4n) is 0.783. The molecule has 1 amide bonds. The first-order valence-electron chi connectivity index (χ1n) is 3.21. The van der Waals surface area contributed by atoms with E-state index in [-0.39, 0.29) is 0 Å². The average Bonchev–Trinajstić information content (AvgIpc) is 2.12. The van der Waals surface area contributed by atoms with Gasteiger partial charge in [-0.1, -0.05) is 0 Å². The van der Waals surface area contributed by atoms with Gasteiger partial charge in [-0.3, -0.25) is 9.35 Å². The Kier molecular flexibility index (Phi) is 4.51. The van der Waals surface area contributed by atoms with Gasteiger partial charge in [-0.25, -0.2) is 0 Å². The lowest BCUT2D eigenvalue weighted by molar-refractivity contribution is -0.126. The van der Waals surface area contributed by atoms with Crippen LogP contribution < -0.4 is 0 Å². The van der Waals surface area contributed by atoms with Gasteiger partial charge in [0.1, 0.15) is 0 Å². The van der Waals surface area contributed by atoms with Crippen molar-refractivity contribution in [3.63, 3.8) is 0 Å². The van der Waals surface area contributed by atoms with Crippen molar-refractivity contribution in [2.75, 3.05) is 13.6 Å². The van der Waals surface area contributed by atoms with E-state index in [1.807, 2.05) is 7.05 Å². The summed E-state index contributed by atoms with van der Waals surface area (Å²) in [5, 5.41) is 0. The van der Waals surface area contributed by atoms with Crippen LogP contribution in [0.5, 0.6) is 0 Å². The zero-order chi connectivity index (χ0) is 9.78. The van der Waals surface area contributed by atoms with E-state index in [0.717, 1.165) is 19.4 Å². The van der Waals surface area contributed by atoms with Crippen molar-refractivity contribution in [3.8, 4) is 0 Å². The van der Waals surface area contributed by atoms with Crippen LogP contribution in [-0.2, 0) is 14.1 Å². The number of amides is 1. The number of hydrogen-bond acceptors (Lipinski definition) is 3. The Labute approximate surface area is 75.6 Å². The fraction of sp³-hybridized carbons (Fsp3) is 0.800. The van der Waals surface area contributed by atoms with Crippen molar-refractivity contribution in [2.24, 2.45) is 0 Å². The number of carbonyl (C=O) groups excluding carboxylic acids is 1. The van der Waals surface area contributed by atoms with Crippen molar-refractivity contribution >= 4 is 25.9 Å². The highest BCUT2D eigenvalue weighted by Gasteiger charge is 2.14. The van der Waals surface area contributed by atoms with Crippen LogP contribution >= 0.6 is 10.7 Å². The molecule has 1 fully saturated rings. The summed E-state index contributed by atoms with van der Waals surface area (Å²) in [7, 11) is 1.71. The minimum absolute atomic E-state index is 0.292. The zero-order valence-corrected chi connectivity index (χ0v) is 8.10. The molecule has 0 aromatic rings. The van der Waals surface area contributed by atoms with Crippen molar-refractivity contribution in [1.29, 1.82) is 0 Å². The van der Waals surface area contributed by atoms with E-state index in [2.05, 4.69) is 10.7 Å². The molecular formula is C5H10ClNO4S. The molecule has 0 aromatic heterocycles. The van der Waals surface area contributed by atoms with Crippen LogP contribution in [0.2, 0.25) is 0 Å². The van der Waals surface area contributed by atoms with Crippen LogP contribution in [0.1, 0.15) is 12.8 Å². The third-order valence-corrected chi connectivity index (χ3v) is 1.31. The molecule has 0 unspecified atom stereocenters. The van der Waals surface area contributed by atoms with Gasteiger partial charge in [0.2, 0.25) is 5.91 Å². The van der Waals surface area contributed by atoms with E-state index in [0.29, 0.717) is 5.91 Å². The summed E-state index contributed by atoms with van der Waals surface area (Å²) in [6.07, 6.45) is 1.81. The molecule has 0 spiro atoms. The SMILES string of the molecule is CN1CCCC1=O.O=S(=O)(O)Cl. The molecule has 0 atom stereocenters. The van der Waals surface area contributed by atoms with E-state index < -0.39 is 9.33 Å². The van der Waals surface area contributed by atoms with Crippen LogP contribution in [-0.4, -0.2) is 37.4 Å². The Balaban J connectivity index is 0.000000217. The third-order valence-electron chi connectivity index (χ3n) is 1.31. The largest absolute Gasteiger partial charge is 0.353 e. The van der Waals surface area contributed by atoms with Crippen molar-refractivity contribution in [2.45, 2.75) is 12.8 Å². The van der Waals surface area contributed by atoms with Crippen LogP contribution in [0.3, 0.4) is 0 Å². The van der Waals surface area contributed by atoms with Gasteiger partial charge in [0.05, 0.1) is 0 Å². The first-order chi connectivity index (χ1) is 5.30. The molecular weight excluding hydrogens is 206 g/mol. The van der Waals surface area contributed by atoms with Gasteiger partial charge in [0.25, 0.3) is 0 Å². The Morgan fingerprint density at radius 2 is 2.00 bits per heavy atom. The van der Waals surface area contributed by atoms with Crippen LogP contribution in [0.4, 0.5) is 0 Å². The van der Waals surface area contributed by atoms with Gasteiger partial charge >= 0.3 is 9.33 Å². The standard InChI is InChI=1S/C5H9NO.ClHO3S/c1-6-4-2-3-5(6)7;1-5(2,3)4/h2-4H2,1H3;(H,2,3,4). The molecule has 0 aliphatic carbocycles. The van der Waals surface area contributed by atoms with E-state index in [4.69, 9.17) is 13.0 Å². The summed E-state index contributed by atoms with van der Waals surface area (Å²) in [5.41, 5.74) is 0. The van der Waals surface area contributed by atoms with E-state index in [9.17, 15) is 4.79 Å². The second-order valence-corrected chi connectivity index (χ2v) is 4.33. The topological polar surface area (TPSA) is 74.7 Å². The Morgan fingerprint density at radius 3 is 2.08 bits per heavy atom. The second kappa shape index (κ2) is 4.64. The monoisotopic (exact) mass is 215 g/mol. The molecule has 1 heterocycles. The lowest BCUT2D eigenvalue weighted by Gasteiger charge is -2.03. The zero-order valence-electron chi connectivity index (χ0n) is 6.53. The molecule has 0 bridgehead atoms. The van der Waals surface area contributed by atoms with E-state index >= 15 is 0 Å². The highest BCUT2D eigenvalue weighted by Crippen LogP contribution is 2.04. The molecule has 7 heteroatoms. The van der Waals surface area contributed by atoms with E-state index in [1.54, 1.807) is 4.90 Å². The number of rotatable bonds is 0. The molecule has 1 rings (SSSR count). The van der Waals surface area contributed by atoms with Crippen molar-refractivity contribution in [1.82, 2.24) is 4.90 Å². The van der Waals surface area contributed by atoms with Crippen molar-refractivity contribution < 1.29 is 17.8 Å². The number of carbonyl (C=O) groups is 1. The molecule has 0 saturated carbocycles. The van der Waals surface area contributed by atoms with Gasteiger partial charge in [-0.05, 0) is 6.42 Å².